The van der Waals surface area contributed by atoms with Crippen LogP contribution in [-0.2, 0) is 16.1 Å². The molecule has 0 aliphatic heterocycles. The highest BCUT2D eigenvalue weighted by molar-refractivity contribution is 5.72. The minimum atomic E-state index is -0.466. The minimum Gasteiger partial charge on any atom is -0.497 e. The second kappa shape index (κ2) is 7.14. The lowest BCUT2D eigenvalue weighted by Gasteiger charge is -2.19. The number of hydrogen-bond acceptors (Lipinski definition) is 5. The lowest BCUT2D eigenvalue weighted by Crippen LogP contribution is -2.31. The van der Waals surface area contributed by atoms with Gasteiger partial charge < -0.3 is 19.5 Å². The molecule has 5 nitrogen and oxygen atoms in total. The summed E-state index contributed by atoms with van der Waals surface area (Å²) in [5.74, 6) is 1.22. The lowest BCUT2D eigenvalue weighted by molar-refractivity contribution is -0.153. The standard InChI is InChI=1S/C15H23NO4/c1-15(2,3)20-14(17)10-16-9-11-8-12(18-4)6-7-13(11)19-5/h6-8,16H,9-10H2,1-5H3. The van der Waals surface area contributed by atoms with Crippen molar-refractivity contribution >= 4 is 5.97 Å². The summed E-state index contributed by atoms with van der Waals surface area (Å²) >= 11 is 0. The van der Waals surface area contributed by atoms with Gasteiger partial charge in [-0.05, 0) is 39.0 Å². The Labute approximate surface area is 120 Å². The SMILES string of the molecule is COc1ccc(OC)c(CNCC(=O)OC(C)(C)C)c1. The number of hydrogen-bond donors (Lipinski definition) is 1. The predicted octanol–water partition coefficient (Wildman–Crippen LogP) is 2.14. The number of carbonyl (C=O) groups excluding carboxylic acids is 1. The van der Waals surface area contributed by atoms with E-state index in [0.29, 0.717) is 6.54 Å². The minimum absolute atomic E-state index is 0.150. The van der Waals surface area contributed by atoms with Gasteiger partial charge in [0.25, 0.3) is 0 Å². The summed E-state index contributed by atoms with van der Waals surface area (Å²) < 4.78 is 15.7. The fourth-order valence-corrected chi connectivity index (χ4v) is 1.70. The smallest absolute Gasteiger partial charge is 0.320 e. The molecule has 0 saturated heterocycles. The van der Waals surface area contributed by atoms with Crippen molar-refractivity contribution in [3.63, 3.8) is 0 Å². The van der Waals surface area contributed by atoms with Crippen LogP contribution in [0.1, 0.15) is 26.3 Å². The van der Waals surface area contributed by atoms with Gasteiger partial charge in [-0.3, -0.25) is 4.79 Å². The first-order chi connectivity index (χ1) is 9.35. The molecule has 1 N–H and O–H groups in total. The average Bonchev–Trinajstić information content (AvgIpc) is 2.36. The van der Waals surface area contributed by atoms with Crippen molar-refractivity contribution in [2.45, 2.75) is 32.9 Å². The lowest BCUT2D eigenvalue weighted by atomic mass is 10.2. The van der Waals surface area contributed by atoms with E-state index < -0.39 is 5.60 Å². The zero-order valence-electron chi connectivity index (χ0n) is 12.8. The molecule has 0 saturated carbocycles. The zero-order valence-corrected chi connectivity index (χ0v) is 12.8. The molecular formula is C15H23NO4. The van der Waals surface area contributed by atoms with Crippen LogP contribution < -0.4 is 14.8 Å². The van der Waals surface area contributed by atoms with Crippen LogP contribution in [0.25, 0.3) is 0 Å². The molecule has 0 radical (unpaired) electrons. The van der Waals surface area contributed by atoms with E-state index in [0.717, 1.165) is 17.1 Å². The number of methoxy groups -OCH3 is 2. The molecule has 20 heavy (non-hydrogen) atoms. The van der Waals surface area contributed by atoms with Gasteiger partial charge in [-0.2, -0.15) is 0 Å². The molecule has 1 rings (SSSR count). The molecule has 5 heteroatoms. The van der Waals surface area contributed by atoms with Crippen molar-refractivity contribution in [3.8, 4) is 11.5 Å². The first-order valence-corrected chi connectivity index (χ1v) is 6.49. The highest BCUT2D eigenvalue weighted by Crippen LogP contribution is 2.23. The van der Waals surface area contributed by atoms with Crippen molar-refractivity contribution in [3.05, 3.63) is 23.8 Å². The van der Waals surface area contributed by atoms with Gasteiger partial charge in [0.15, 0.2) is 0 Å². The van der Waals surface area contributed by atoms with Crippen molar-refractivity contribution in [1.82, 2.24) is 5.32 Å². The Kier molecular flexibility index (Phi) is 5.82. The van der Waals surface area contributed by atoms with Crippen LogP contribution in [-0.4, -0.2) is 32.3 Å². The quantitative estimate of drug-likeness (QED) is 0.810. The Morgan fingerprint density at radius 2 is 1.90 bits per heavy atom. The summed E-state index contributed by atoms with van der Waals surface area (Å²) in [4.78, 5) is 11.6. The molecule has 0 heterocycles. The average molecular weight is 281 g/mol. The topological polar surface area (TPSA) is 56.8 Å². The van der Waals surface area contributed by atoms with Gasteiger partial charge in [0, 0.05) is 12.1 Å². The van der Waals surface area contributed by atoms with Gasteiger partial charge in [0.05, 0.1) is 20.8 Å². The van der Waals surface area contributed by atoms with Crippen LogP contribution >= 0.6 is 0 Å². The summed E-state index contributed by atoms with van der Waals surface area (Å²) in [5, 5.41) is 3.04. The molecule has 0 amide bonds. The maximum Gasteiger partial charge on any atom is 0.320 e. The van der Waals surface area contributed by atoms with Crippen molar-refractivity contribution in [1.29, 1.82) is 0 Å². The van der Waals surface area contributed by atoms with Crippen molar-refractivity contribution in [2.24, 2.45) is 0 Å². The van der Waals surface area contributed by atoms with Crippen LogP contribution in [0.4, 0.5) is 0 Å². The molecule has 0 fully saturated rings. The van der Waals surface area contributed by atoms with Crippen LogP contribution in [0.3, 0.4) is 0 Å². The summed E-state index contributed by atoms with van der Waals surface area (Å²) in [6, 6.07) is 5.54. The molecule has 1 aromatic carbocycles. The summed E-state index contributed by atoms with van der Waals surface area (Å²) in [6.45, 7) is 6.18. The number of rotatable bonds is 6. The first kappa shape index (κ1) is 16.3. The Bertz CT molecular complexity index is 452. The van der Waals surface area contributed by atoms with E-state index in [9.17, 15) is 4.79 Å². The fourth-order valence-electron chi connectivity index (χ4n) is 1.70. The Morgan fingerprint density at radius 1 is 1.20 bits per heavy atom. The number of carbonyl (C=O) groups is 1. The van der Waals surface area contributed by atoms with Gasteiger partial charge in [0.1, 0.15) is 17.1 Å². The Balaban J connectivity index is 2.55. The number of benzene rings is 1. The summed E-state index contributed by atoms with van der Waals surface area (Å²) in [6.07, 6.45) is 0. The van der Waals surface area contributed by atoms with Gasteiger partial charge in [-0.25, -0.2) is 0 Å². The maximum absolute atomic E-state index is 11.6. The van der Waals surface area contributed by atoms with E-state index in [-0.39, 0.29) is 12.5 Å². The second-order valence-electron chi connectivity index (χ2n) is 5.37. The molecule has 0 bridgehead atoms. The Hall–Kier alpha value is -1.75. The van der Waals surface area contributed by atoms with Gasteiger partial charge in [-0.15, -0.1) is 0 Å². The first-order valence-electron chi connectivity index (χ1n) is 6.49. The monoisotopic (exact) mass is 281 g/mol. The summed E-state index contributed by atoms with van der Waals surface area (Å²) in [5.41, 5.74) is 0.460. The molecular weight excluding hydrogens is 258 g/mol. The van der Waals surface area contributed by atoms with E-state index in [1.54, 1.807) is 14.2 Å². The molecule has 1 aromatic rings. The molecule has 112 valence electrons. The van der Waals surface area contributed by atoms with E-state index >= 15 is 0 Å². The predicted molar refractivity (Wildman–Crippen MR) is 77.1 cm³/mol. The number of esters is 1. The maximum atomic E-state index is 11.6. The highest BCUT2D eigenvalue weighted by Gasteiger charge is 2.15. The molecule has 0 aliphatic carbocycles. The number of nitrogens with one attached hydrogen (secondary N) is 1. The third-order valence-corrected chi connectivity index (χ3v) is 2.49. The highest BCUT2D eigenvalue weighted by atomic mass is 16.6. The van der Waals surface area contributed by atoms with Crippen LogP contribution in [0, 0.1) is 0 Å². The fraction of sp³-hybridized carbons (Fsp3) is 0.533. The van der Waals surface area contributed by atoms with Crippen molar-refractivity contribution < 1.29 is 19.0 Å². The van der Waals surface area contributed by atoms with Crippen LogP contribution in [0.2, 0.25) is 0 Å². The molecule has 0 spiro atoms. The largest absolute Gasteiger partial charge is 0.497 e. The third-order valence-electron chi connectivity index (χ3n) is 2.49. The van der Waals surface area contributed by atoms with Gasteiger partial charge in [-0.1, -0.05) is 0 Å². The van der Waals surface area contributed by atoms with E-state index in [1.165, 1.54) is 0 Å². The molecule has 0 unspecified atom stereocenters. The van der Waals surface area contributed by atoms with Crippen LogP contribution in [0.5, 0.6) is 11.5 Å². The van der Waals surface area contributed by atoms with Crippen LogP contribution in [0.15, 0.2) is 18.2 Å². The summed E-state index contributed by atoms with van der Waals surface area (Å²) in [7, 11) is 3.22. The van der Waals surface area contributed by atoms with Gasteiger partial charge in [0.2, 0.25) is 0 Å². The van der Waals surface area contributed by atoms with E-state index in [4.69, 9.17) is 14.2 Å². The molecule has 0 aliphatic rings. The van der Waals surface area contributed by atoms with E-state index in [2.05, 4.69) is 5.32 Å². The second-order valence-corrected chi connectivity index (χ2v) is 5.37. The van der Waals surface area contributed by atoms with Crippen molar-refractivity contribution in [2.75, 3.05) is 20.8 Å². The number of ether oxygens (including phenoxy) is 3. The van der Waals surface area contributed by atoms with E-state index in [1.807, 2.05) is 39.0 Å². The third kappa shape index (κ3) is 5.48. The molecule has 0 atom stereocenters. The van der Waals surface area contributed by atoms with Gasteiger partial charge >= 0.3 is 5.97 Å². The zero-order chi connectivity index (χ0) is 15.2. The molecule has 0 aromatic heterocycles. The Morgan fingerprint density at radius 3 is 2.45 bits per heavy atom. The normalized spacial score (nSPS) is 11.1.